The third-order valence-corrected chi connectivity index (χ3v) is 5.72. The first-order chi connectivity index (χ1) is 14.4. The van der Waals surface area contributed by atoms with Gasteiger partial charge in [0.2, 0.25) is 5.91 Å². The predicted molar refractivity (Wildman–Crippen MR) is 116 cm³/mol. The van der Waals surface area contributed by atoms with Gasteiger partial charge >= 0.3 is 5.97 Å². The molecule has 0 saturated carbocycles. The number of allylic oxidation sites excluding steroid dienone is 1. The maximum Gasteiger partial charge on any atom is 0.309 e. The second-order valence-electron chi connectivity index (χ2n) is 7.79. The molecule has 0 spiro atoms. The number of likely N-dealkylation sites (tertiary alicyclic amines) is 1. The molecule has 0 radical (unpaired) electrons. The molecule has 1 amide bonds. The van der Waals surface area contributed by atoms with E-state index in [1.54, 1.807) is 17.2 Å². The first kappa shape index (κ1) is 21.9. The summed E-state index contributed by atoms with van der Waals surface area (Å²) in [5.41, 5.74) is 4.56. The molecule has 0 bridgehead atoms. The molecule has 30 heavy (non-hydrogen) atoms. The smallest absolute Gasteiger partial charge is 0.309 e. The number of carbonyl (C=O) groups is 2. The molecule has 0 N–H and O–H groups in total. The van der Waals surface area contributed by atoms with E-state index in [-0.39, 0.29) is 17.8 Å². The minimum absolute atomic E-state index is 0.0427. The van der Waals surface area contributed by atoms with Gasteiger partial charge in [0.25, 0.3) is 0 Å². The zero-order valence-electron chi connectivity index (χ0n) is 18.5. The SMILES string of the molecule is CCOC(=O)C1CCN(C(=O)/C=C(\C)c2cc3c(C)coc3c(C)c2OCC)CC1. The Bertz CT molecular complexity index is 964. The third kappa shape index (κ3) is 4.37. The summed E-state index contributed by atoms with van der Waals surface area (Å²) in [4.78, 5) is 26.6. The number of fused-ring (bicyclic) bond motifs is 1. The van der Waals surface area contributed by atoms with Crippen LogP contribution in [0.3, 0.4) is 0 Å². The number of nitrogens with zero attached hydrogens (tertiary/aromatic N) is 1. The molecule has 0 unspecified atom stereocenters. The summed E-state index contributed by atoms with van der Waals surface area (Å²) in [7, 11) is 0. The van der Waals surface area contributed by atoms with Crippen molar-refractivity contribution in [1.29, 1.82) is 0 Å². The molecule has 1 aliphatic rings. The lowest BCUT2D eigenvalue weighted by molar-refractivity contribution is -0.150. The lowest BCUT2D eigenvalue weighted by Gasteiger charge is -2.30. The van der Waals surface area contributed by atoms with Crippen molar-refractivity contribution in [2.75, 3.05) is 26.3 Å². The maximum absolute atomic E-state index is 12.9. The molecular weight excluding hydrogens is 382 g/mol. The van der Waals surface area contributed by atoms with Crippen molar-refractivity contribution in [2.45, 2.75) is 47.5 Å². The van der Waals surface area contributed by atoms with Gasteiger partial charge in [0.05, 0.1) is 25.4 Å². The molecule has 2 aromatic rings. The van der Waals surface area contributed by atoms with E-state index in [4.69, 9.17) is 13.9 Å². The highest BCUT2D eigenvalue weighted by molar-refractivity contribution is 5.98. The van der Waals surface area contributed by atoms with E-state index in [0.717, 1.165) is 39.0 Å². The van der Waals surface area contributed by atoms with Crippen LogP contribution < -0.4 is 4.74 Å². The molecule has 162 valence electrons. The van der Waals surface area contributed by atoms with Crippen LogP contribution in [0, 0.1) is 19.8 Å². The average Bonchev–Trinajstić information content (AvgIpc) is 3.11. The number of benzene rings is 1. The first-order valence-electron chi connectivity index (χ1n) is 10.7. The third-order valence-electron chi connectivity index (χ3n) is 5.72. The lowest BCUT2D eigenvalue weighted by Crippen LogP contribution is -2.40. The van der Waals surface area contributed by atoms with Crippen molar-refractivity contribution in [3.63, 3.8) is 0 Å². The van der Waals surface area contributed by atoms with Crippen LogP contribution in [0.5, 0.6) is 5.75 Å². The van der Waals surface area contributed by atoms with Gasteiger partial charge in [0.1, 0.15) is 11.3 Å². The van der Waals surface area contributed by atoms with Gasteiger partial charge in [0, 0.05) is 35.7 Å². The second-order valence-corrected chi connectivity index (χ2v) is 7.79. The molecular formula is C24H31NO5. The fraction of sp³-hybridized carbons (Fsp3) is 0.500. The summed E-state index contributed by atoms with van der Waals surface area (Å²) in [5, 5.41) is 1.03. The van der Waals surface area contributed by atoms with Crippen molar-refractivity contribution in [3.05, 3.63) is 35.1 Å². The quantitative estimate of drug-likeness (QED) is 0.509. The summed E-state index contributed by atoms with van der Waals surface area (Å²) in [6.45, 7) is 11.7. The van der Waals surface area contributed by atoms with Crippen molar-refractivity contribution in [2.24, 2.45) is 5.92 Å². The molecule has 1 fully saturated rings. The predicted octanol–water partition coefficient (Wildman–Crippen LogP) is 4.65. The van der Waals surface area contributed by atoms with Crippen molar-refractivity contribution >= 4 is 28.4 Å². The molecule has 1 aromatic heterocycles. The number of rotatable bonds is 6. The van der Waals surface area contributed by atoms with Gasteiger partial charge in [-0.3, -0.25) is 9.59 Å². The number of esters is 1. The fourth-order valence-corrected chi connectivity index (χ4v) is 4.01. The van der Waals surface area contributed by atoms with Gasteiger partial charge < -0.3 is 18.8 Å². The van der Waals surface area contributed by atoms with Crippen LogP contribution in [0.2, 0.25) is 0 Å². The van der Waals surface area contributed by atoms with Crippen LogP contribution in [0.4, 0.5) is 0 Å². The Balaban J connectivity index is 1.82. The summed E-state index contributed by atoms with van der Waals surface area (Å²) >= 11 is 0. The summed E-state index contributed by atoms with van der Waals surface area (Å²) in [5.74, 6) is 0.440. The number of hydrogen-bond acceptors (Lipinski definition) is 5. The highest BCUT2D eigenvalue weighted by Crippen LogP contribution is 2.37. The molecule has 0 aliphatic carbocycles. The summed E-state index contributed by atoms with van der Waals surface area (Å²) < 4.78 is 16.7. The molecule has 1 saturated heterocycles. The van der Waals surface area contributed by atoms with E-state index in [1.165, 1.54) is 0 Å². The fourth-order valence-electron chi connectivity index (χ4n) is 4.01. The van der Waals surface area contributed by atoms with E-state index >= 15 is 0 Å². The second kappa shape index (κ2) is 9.37. The number of amides is 1. The number of piperidine rings is 1. The van der Waals surface area contributed by atoms with E-state index in [0.29, 0.717) is 39.1 Å². The Hall–Kier alpha value is -2.76. The van der Waals surface area contributed by atoms with Gasteiger partial charge in [-0.1, -0.05) is 0 Å². The minimum Gasteiger partial charge on any atom is -0.493 e. The summed E-state index contributed by atoms with van der Waals surface area (Å²) in [6.07, 6.45) is 4.69. The molecule has 6 heteroatoms. The van der Waals surface area contributed by atoms with E-state index < -0.39 is 0 Å². The van der Waals surface area contributed by atoms with Crippen molar-refractivity contribution in [3.8, 4) is 5.75 Å². The van der Waals surface area contributed by atoms with Crippen molar-refractivity contribution < 1.29 is 23.5 Å². The van der Waals surface area contributed by atoms with Gasteiger partial charge in [-0.2, -0.15) is 0 Å². The monoisotopic (exact) mass is 413 g/mol. The Morgan fingerprint density at radius 3 is 2.53 bits per heavy atom. The van der Waals surface area contributed by atoms with Crippen LogP contribution in [-0.4, -0.2) is 43.1 Å². The normalized spacial score (nSPS) is 15.5. The Morgan fingerprint density at radius 1 is 1.20 bits per heavy atom. The highest BCUT2D eigenvalue weighted by atomic mass is 16.5. The zero-order valence-corrected chi connectivity index (χ0v) is 18.5. The zero-order chi connectivity index (χ0) is 21.8. The topological polar surface area (TPSA) is 69.0 Å². The number of ether oxygens (including phenoxy) is 2. The standard InChI is InChI=1S/C24H31NO5/c1-6-28-22-17(5)23-20(16(4)14-30-23)13-19(22)15(3)12-21(26)25-10-8-18(9-11-25)24(27)29-7-2/h12-14,18H,6-11H2,1-5H3/b15-12+. The number of furan rings is 1. The van der Waals surface area contributed by atoms with Crippen molar-refractivity contribution in [1.82, 2.24) is 4.90 Å². The maximum atomic E-state index is 12.9. The minimum atomic E-state index is -0.156. The van der Waals surface area contributed by atoms with E-state index in [2.05, 4.69) is 0 Å². The van der Waals surface area contributed by atoms with E-state index in [9.17, 15) is 9.59 Å². The molecule has 2 heterocycles. The molecule has 3 rings (SSSR count). The molecule has 0 atom stereocenters. The molecule has 1 aromatic carbocycles. The highest BCUT2D eigenvalue weighted by Gasteiger charge is 2.28. The van der Waals surface area contributed by atoms with Gasteiger partial charge in [-0.05, 0) is 64.7 Å². The Kier molecular flexibility index (Phi) is 6.85. The summed E-state index contributed by atoms with van der Waals surface area (Å²) in [6, 6.07) is 2.04. The van der Waals surface area contributed by atoms with Crippen LogP contribution >= 0.6 is 0 Å². The number of carbonyl (C=O) groups excluding carboxylic acids is 2. The van der Waals surface area contributed by atoms with Crippen LogP contribution in [-0.2, 0) is 14.3 Å². The first-order valence-corrected chi connectivity index (χ1v) is 10.7. The van der Waals surface area contributed by atoms with E-state index in [1.807, 2.05) is 40.7 Å². The number of aryl methyl sites for hydroxylation is 2. The van der Waals surface area contributed by atoms with Crippen LogP contribution in [0.25, 0.3) is 16.5 Å². The Labute approximate surface area is 177 Å². The van der Waals surface area contributed by atoms with Gasteiger partial charge in [0.15, 0.2) is 0 Å². The average molecular weight is 414 g/mol. The van der Waals surface area contributed by atoms with Gasteiger partial charge in [-0.25, -0.2) is 0 Å². The largest absolute Gasteiger partial charge is 0.493 e. The number of hydrogen-bond donors (Lipinski definition) is 0. The molecule has 1 aliphatic heterocycles. The lowest BCUT2D eigenvalue weighted by atomic mass is 9.96. The van der Waals surface area contributed by atoms with Gasteiger partial charge in [-0.15, -0.1) is 0 Å². The molecule has 6 nitrogen and oxygen atoms in total. The Morgan fingerprint density at radius 2 is 1.90 bits per heavy atom. The van der Waals surface area contributed by atoms with Crippen LogP contribution in [0.1, 0.15) is 50.3 Å². The van der Waals surface area contributed by atoms with Crippen LogP contribution in [0.15, 0.2) is 22.8 Å².